The predicted octanol–water partition coefficient (Wildman–Crippen LogP) is 1.94. The Balaban J connectivity index is 2.82. The first-order chi connectivity index (χ1) is 6.77. The second-order valence-electron chi connectivity index (χ2n) is 3.32. The molecule has 0 aliphatic heterocycles. The van der Waals surface area contributed by atoms with Crippen molar-refractivity contribution in [3.8, 4) is 5.75 Å². The van der Waals surface area contributed by atoms with Gasteiger partial charge < -0.3 is 15.5 Å². The van der Waals surface area contributed by atoms with Gasteiger partial charge in [-0.25, -0.2) is 0 Å². The molecule has 14 heavy (non-hydrogen) atoms. The highest BCUT2D eigenvalue weighted by Crippen LogP contribution is 2.30. The highest BCUT2D eigenvalue weighted by Gasteiger charge is 2.10. The molecule has 74 valence electrons. The molecule has 2 rings (SSSR count). The summed E-state index contributed by atoms with van der Waals surface area (Å²) in [5, 5.41) is 1.11. The molecule has 1 heterocycles. The molecule has 2 aromatic rings. The number of methoxy groups -OCH3 is 1. The molecule has 0 spiro atoms. The Hall–Kier alpha value is -1.48. The van der Waals surface area contributed by atoms with Crippen LogP contribution in [-0.2, 0) is 6.54 Å². The summed E-state index contributed by atoms with van der Waals surface area (Å²) in [5.74, 6) is 0.882. The van der Waals surface area contributed by atoms with Crippen LogP contribution in [0.4, 0.5) is 0 Å². The standard InChI is InChI=1S/C11H14N2O/c1-7-8(6-12)11-9(13-7)4-3-5-10(11)14-2/h3-5,13H,6,12H2,1-2H3. The molecular formula is C11H14N2O. The van der Waals surface area contributed by atoms with E-state index >= 15 is 0 Å². The van der Waals surface area contributed by atoms with E-state index in [0.29, 0.717) is 6.54 Å². The smallest absolute Gasteiger partial charge is 0.128 e. The Bertz CT molecular complexity index is 460. The van der Waals surface area contributed by atoms with Crippen LogP contribution in [0.25, 0.3) is 10.9 Å². The van der Waals surface area contributed by atoms with Gasteiger partial charge in [0.05, 0.1) is 7.11 Å². The normalized spacial score (nSPS) is 10.8. The van der Waals surface area contributed by atoms with Crippen LogP contribution in [0.1, 0.15) is 11.3 Å². The number of aromatic nitrogens is 1. The van der Waals surface area contributed by atoms with Crippen molar-refractivity contribution in [2.45, 2.75) is 13.5 Å². The summed E-state index contributed by atoms with van der Waals surface area (Å²) in [7, 11) is 1.68. The van der Waals surface area contributed by atoms with Gasteiger partial charge >= 0.3 is 0 Å². The molecule has 0 aliphatic carbocycles. The van der Waals surface area contributed by atoms with Gasteiger partial charge in [-0.3, -0.25) is 0 Å². The monoisotopic (exact) mass is 190 g/mol. The quantitative estimate of drug-likeness (QED) is 0.760. The number of aryl methyl sites for hydroxylation is 1. The van der Waals surface area contributed by atoms with Crippen molar-refractivity contribution in [2.24, 2.45) is 5.73 Å². The fraction of sp³-hybridized carbons (Fsp3) is 0.273. The lowest BCUT2D eigenvalue weighted by Crippen LogP contribution is -1.97. The molecule has 0 saturated heterocycles. The summed E-state index contributed by atoms with van der Waals surface area (Å²) < 4.78 is 5.31. The van der Waals surface area contributed by atoms with E-state index in [4.69, 9.17) is 10.5 Å². The third kappa shape index (κ3) is 1.17. The molecule has 0 bridgehead atoms. The number of benzene rings is 1. The van der Waals surface area contributed by atoms with E-state index in [1.807, 2.05) is 25.1 Å². The van der Waals surface area contributed by atoms with E-state index in [2.05, 4.69) is 4.98 Å². The lowest BCUT2D eigenvalue weighted by molar-refractivity contribution is 0.419. The van der Waals surface area contributed by atoms with E-state index in [1.165, 1.54) is 0 Å². The average molecular weight is 190 g/mol. The van der Waals surface area contributed by atoms with Gasteiger partial charge in [0.2, 0.25) is 0 Å². The summed E-state index contributed by atoms with van der Waals surface area (Å²) in [6.07, 6.45) is 0. The third-order valence-corrected chi connectivity index (χ3v) is 2.53. The van der Waals surface area contributed by atoms with Gasteiger partial charge in [-0.2, -0.15) is 0 Å². The van der Waals surface area contributed by atoms with Crippen molar-refractivity contribution in [1.29, 1.82) is 0 Å². The van der Waals surface area contributed by atoms with E-state index in [0.717, 1.165) is 27.9 Å². The maximum atomic E-state index is 5.71. The fourth-order valence-electron chi connectivity index (χ4n) is 1.84. The molecule has 0 saturated carbocycles. The number of nitrogens with one attached hydrogen (secondary N) is 1. The molecule has 0 fully saturated rings. The Morgan fingerprint density at radius 3 is 2.86 bits per heavy atom. The zero-order chi connectivity index (χ0) is 10.1. The molecule has 3 N–H and O–H groups in total. The van der Waals surface area contributed by atoms with Crippen molar-refractivity contribution in [3.05, 3.63) is 29.5 Å². The van der Waals surface area contributed by atoms with Gasteiger partial charge in [0.25, 0.3) is 0 Å². The Kier molecular flexibility index (Phi) is 2.17. The van der Waals surface area contributed by atoms with Gasteiger partial charge in [-0.05, 0) is 24.6 Å². The van der Waals surface area contributed by atoms with Crippen LogP contribution in [0, 0.1) is 6.92 Å². The molecule has 1 aromatic heterocycles. The number of nitrogens with two attached hydrogens (primary N) is 1. The number of fused-ring (bicyclic) bond motifs is 1. The van der Waals surface area contributed by atoms with Crippen LogP contribution in [0.3, 0.4) is 0 Å². The zero-order valence-corrected chi connectivity index (χ0v) is 8.42. The maximum Gasteiger partial charge on any atom is 0.128 e. The summed E-state index contributed by atoms with van der Waals surface area (Å²) in [4.78, 5) is 3.29. The molecule has 0 unspecified atom stereocenters. The second-order valence-corrected chi connectivity index (χ2v) is 3.32. The average Bonchev–Trinajstić information content (AvgIpc) is 2.52. The number of H-pyrrole nitrogens is 1. The number of rotatable bonds is 2. The molecule has 0 atom stereocenters. The SMILES string of the molecule is COc1cccc2[nH]c(C)c(CN)c12. The summed E-state index contributed by atoms with van der Waals surface area (Å²) in [5.41, 5.74) is 9.05. The van der Waals surface area contributed by atoms with E-state index in [1.54, 1.807) is 7.11 Å². The zero-order valence-electron chi connectivity index (χ0n) is 8.42. The van der Waals surface area contributed by atoms with Crippen LogP contribution in [0.15, 0.2) is 18.2 Å². The summed E-state index contributed by atoms with van der Waals surface area (Å²) in [6.45, 7) is 2.56. The number of hydrogen-bond donors (Lipinski definition) is 2. The van der Waals surface area contributed by atoms with Crippen LogP contribution >= 0.6 is 0 Å². The highest BCUT2D eigenvalue weighted by atomic mass is 16.5. The van der Waals surface area contributed by atoms with Crippen molar-refractivity contribution < 1.29 is 4.74 Å². The fourth-order valence-corrected chi connectivity index (χ4v) is 1.84. The Morgan fingerprint density at radius 2 is 2.21 bits per heavy atom. The Labute approximate surface area is 82.9 Å². The van der Waals surface area contributed by atoms with Crippen molar-refractivity contribution in [1.82, 2.24) is 4.98 Å². The van der Waals surface area contributed by atoms with E-state index < -0.39 is 0 Å². The van der Waals surface area contributed by atoms with Gasteiger partial charge in [-0.15, -0.1) is 0 Å². The third-order valence-electron chi connectivity index (χ3n) is 2.53. The number of hydrogen-bond acceptors (Lipinski definition) is 2. The van der Waals surface area contributed by atoms with Gasteiger partial charge in [0, 0.05) is 23.1 Å². The Morgan fingerprint density at radius 1 is 1.43 bits per heavy atom. The van der Waals surface area contributed by atoms with Crippen molar-refractivity contribution in [3.63, 3.8) is 0 Å². The molecule has 1 aromatic carbocycles. The molecule has 0 amide bonds. The first-order valence-corrected chi connectivity index (χ1v) is 4.62. The predicted molar refractivity (Wildman–Crippen MR) is 57.5 cm³/mol. The molecule has 3 heteroatoms. The minimum absolute atomic E-state index is 0.534. The van der Waals surface area contributed by atoms with Gasteiger partial charge in [-0.1, -0.05) is 6.07 Å². The number of ether oxygens (including phenoxy) is 1. The first kappa shape index (κ1) is 9.09. The highest BCUT2D eigenvalue weighted by molar-refractivity contribution is 5.90. The summed E-state index contributed by atoms with van der Waals surface area (Å²) in [6, 6.07) is 5.95. The molecular weight excluding hydrogens is 176 g/mol. The van der Waals surface area contributed by atoms with Crippen molar-refractivity contribution in [2.75, 3.05) is 7.11 Å². The van der Waals surface area contributed by atoms with Gasteiger partial charge in [0.15, 0.2) is 0 Å². The molecule has 3 nitrogen and oxygen atoms in total. The maximum absolute atomic E-state index is 5.71. The van der Waals surface area contributed by atoms with Crippen LogP contribution in [-0.4, -0.2) is 12.1 Å². The molecule has 0 radical (unpaired) electrons. The van der Waals surface area contributed by atoms with Crippen LogP contribution in [0.5, 0.6) is 5.75 Å². The van der Waals surface area contributed by atoms with E-state index in [-0.39, 0.29) is 0 Å². The topological polar surface area (TPSA) is 51.0 Å². The lowest BCUT2D eigenvalue weighted by atomic mass is 10.1. The van der Waals surface area contributed by atoms with Gasteiger partial charge in [0.1, 0.15) is 5.75 Å². The lowest BCUT2D eigenvalue weighted by Gasteiger charge is -2.03. The molecule has 0 aliphatic rings. The van der Waals surface area contributed by atoms with Crippen molar-refractivity contribution >= 4 is 10.9 Å². The minimum atomic E-state index is 0.534. The number of aromatic amines is 1. The van der Waals surface area contributed by atoms with Crippen LogP contribution < -0.4 is 10.5 Å². The van der Waals surface area contributed by atoms with Crippen LogP contribution in [0.2, 0.25) is 0 Å². The van der Waals surface area contributed by atoms with E-state index in [9.17, 15) is 0 Å². The largest absolute Gasteiger partial charge is 0.496 e. The first-order valence-electron chi connectivity index (χ1n) is 4.62. The summed E-state index contributed by atoms with van der Waals surface area (Å²) >= 11 is 0. The minimum Gasteiger partial charge on any atom is -0.496 e. The second kappa shape index (κ2) is 3.35.